The summed E-state index contributed by atoms with van der Waals surface area (Å²) in [5.41, 5.74) is 1.87. The second kappa shape index (κ2) is 10.9. The highest BCUT2D eigenvalue weighted by Gasteiger charge is 2.31. The van der Waals surface area contributed by atoms with E-state index in [1.807, 2.05) is 25.1 Å². The normalized spacial score (nSPS) is 18.6. The number of hydrogen-bond donors (Lipinski definition) is 1. The van der Waals surface area contributed by atoms with Crippen molar-refractivity contribution in [2.45, 2.75) is 83.0 Å². The molecule has 0 saturated carbocycles. The smallest absolute Gasteiger partial charge is 0.329 e. The zero-order valence-corrected chi connectivity index (χ0v) is 20.5. The van der Waals surface area contributed by atoms with E-state index in [0.717, 1.165) is 44.1 Å². The molecule has 8 heteroatoms. The molecule has 0 aliphatic carbocycles. The molecule has 1 aromatic carbocycles. The Morgan fingerprint density at radius 1 is 1.06 bits per heavy atom. The number of imide groups is 1. The molecule has 2 aliphatic rings. The van der Waals surface area contributed by atoms with Gasteiger partial charge in [-0.2, -0.15) is 0 Å². The molecule has 2 amide bonds. The van der Waals surface area contributed by atoms with Crippen LogP contribution in [0.3, 0.4) is 0 Å². The van der Waals surface area contributed by atoms with Crippen molar-refractivity contribution in [3.63, 3.8) is 0 Å². The number of hydrogen-bond acceptors (Lipinski definition) is 5. The average molecular weight is 480 g/mol. The fraction of sp³-hybridized carbons (Fsp3) is 0.519. The fourth-order valence-corrected chi connectivity index (χ4v) is 4.78. The van der Waals surface area contributed by atoms with Crippen molar-refractivity contribution in [3.8, 4) is 11.8 Å². The van der Waals surface area contributed by atoms with Gasteiger partial charge >= 0.3 is 5.69 Å². The van der Waals surface area contributed by atoms with Crippen molar-refractivity contribution in [1.82, 2.24) is 14.5 Å². The molecule has 1 saturated heterocycles. The van der Waals surface area contributed by atoms with Crippen molar-refractivity contribution in [2.24, 2.45) is 7.05 Å². The third-order valence-corrected chi connectivity index (χ3v) is 6.72. The minimum absolute atomic E-state index is 0.221. The number of unbranched alkanes of at least 4 members (excludes halogenated alkanes) is 6. The molecule has 1 fully saturated rings. The maximum Gasteiger partial charge on any atom is 0.329 e. The summed E-state index contributed by atoms with van der Waals surface area (Å²) >= 11 is 0. The maximum absolute atomic E-state index is 13.0. The van der Waals surface area contributed by atoms with Gasteiger partial charge in [-0.1, -0.05) is 43.6 Å². The molecular formula is C27H33N3O5. The monoisotopic (exact) mass is 479 g/mol. The topological polar surface area (TPSA) is 91.6 Å². The molecule has 0 spiro atoms. The van der Waals surface area contributed by atoms with Crippen molar-refractivity contribution in [3.05, 3.63) is 46.8 Å². The van der Waals surface area contributed by atoms with Gasteiger partial charge in [0.05, 0.1) is 16.6 Å². The SMILES string of the molecule is Cn1c(=O)n(C2CCC(=O)NC2=O)c2cccc(C#CCCCCCCCCC3(C)OC=CO3)c21. The number of fused-ring (bicyclic) bond motifs is 1. The Morgan fingerprint density at radius 2 is 1.77 bits per heavy atom. The Balaban J connectivity index is 1.29. The summed E-state index contributed by atoms with van der Waals surface area (Å²) in [5.74, 6) is 5.26. The molecular weight excluding hydrogens is 446 g/mol. The molecule has 0 bridgehead atoms. The quantitative estimate of drug-likeness (QED) is 0.333. The third kappa shape index (κ3) is 5.61. The van der Waals surface area contributed by atoms with E-state index in [-0.39, 0.29) is 18.0 Å². The summed E-state index contributed by atoms with van der Waals surface area (Å²) in [7, 11) is 1.69. The van der Waals surface area contributed by atoms with Crippen LogP contribution >= 0.6 is 0 Å². The van der Waals surface area contributed by atoms with Crippen LogP contribution in [0.25, 0.3) is 11.0 Å². The van der Waals surface area contributed by atoms with Gasteiger partial charge in [-0.15, -0.1) is 0 Å². The number of ether oxygens (including phenoxy) is 2. The maximum atomic E-state index is 13.0. The lowest BCUT2D eigenvalue weighted by molar-refractivity contribution is -0.135. The van der Waals surface area contributed by atoms with Crippen LogP contribution in [0.5, 0.6) is 0 Å². The number of nitrogens with one attached hydrogen (secondary N) is 1. The van der Waals surface area contributed by atoms with Crippen molar-refractivity contribution in [2.75, 3.05) is 0 Å². The lowest BCUT2D eigenvalue weighted by Crippen LogP contribution is -2.44. The Bertz CT molecular complexity index is 1240. The highest BCUT2D eigenvalue weighted by Crippen LogP contribution is 2.26. The second-order valence-electron chi connectivity index (χ2n) is 9.42. The summed E-state index contributed by atoms with van der Waals surface area (Å²) in [5, 5.41) is 2.34. The Labute approximate surface area is 205 Å². The van der Waals surface area contributed by atoms with Crippen LogP contribution in [0.15, 0.2) is 35.5 Å². The standard InChI is InChI=1S/C27H33N3O5/c1-27(34-18-19-35-27)17-10-8-6-4-3-5-7-9-12-20-13-11-14-21-24(20)29(2)26(33)30(21)22-15-16-23(31)28-25(22)32/h11,13-14,18-19,22H,3-8,10,15-17H2,1-2H3,(H,28,31,32). The molecule has 35 heavy (non-hydrogen) atoms. The molecule has 186 valence electrons. The zero-order chi connectivity index (χ0) is 24.8. The van der Waals surface area contributed by atoms with Gasteiger partial charge in [-0.25, -0.2) is 4.79 Å². The van der Waals surface area contributed by atoms with Crippen LogP contribution in [-0.2, 0) is 26.1 Å². The van der Waals surface area contributed by atoms with E-state index in [4.69, 9.17) is 9.47 Å². The van der Waals surface area contributed by atoms with E-state index in [9.17, 15) is 14.4 Å². The summed E-state index contributed by atoms with van der Waals surface area (Å²) in [6, 6.07) is 4.89. The van der Waals surface area contributed by atoms with Gasteiger partial charge in [0.25, 0.3) is 0 Å². The molecule has 1 N–H and O–H groups in total. The van der Waals surface area contributed by atoms with E-state index in [1.165, 1.54) is 17.4 Å². The Morgan fingerprint density at radius 3 is 2.51 bits per heavy atom. The predicted molar refractivity (Wildman–Crippen MR) is 132 cm³/mol. The first-order chi connectivity index (χ1) is 16.9. The van der Waals surface area contributed by atoms with Crippen molar-refractivity contribution in [1.29, 1.82) is 0 Å². The predicted octanol–water partition coefficient (Wildman–Crippen LogP) is 4.02. The fourth-order valence-electron chi connectivity index (χ4n) is 4.78. The van der Waals surface area contributed by atoms with Crippen molar-refractivity contribution >= 4 is 22.8 Å². The molecule has 1 aromatic heterocycles. The van der Waals surface area contributed by atoms with E-state index < -0.39 is 17.7 Å². The highest BCUT2D eigenvalue weighted by molar-refractivity contribution is 6.00. The largest absolute Gasteiger partial charge is 0.457 e. The lowest BCUT2D eigenvalue weighted by atomic mass is 10.0. The van der Waals surface area contributed by atoms with Crippen molar-refractivity contribution < 1.29 is 19.1 Å². The molecule has 2 aliphatic heterocycles. The first-order valence-corrected chi connectivity index (χ1v) is 12.4. The van der Waals surface area contributed by atoms with Crippen LogP contribution in [0, 0.1) is 11.8 Å². The van der Waals surface area contributed by atoms with Gasteiger partial charge in [0, 0.05) is 33.2 Å². The Hall–Kier alpha value is -3.47. The van der Waals surface area contributed by atoms with Crippen LogP contribution in [0.2, 0.25) is 0 Å². The van der Waals surface area contributed by atoms with Gasteiger partial charge in [0.1, 0.15) is 18.6 Å². The van der Waals surface area contributed by atoms with Gasteiger partial charge in [-0.3, -0.25) is 24.0 Å². The molecule has 2 aromatic rings. The third-order valence-electron chi connectivity index (χ3n) is 6.72. The molecule has 1 unspecified atom stereocenters. The number of carbonyl (C=O) groups excluding carboxylic acids is 2. The summed E-state index contributed by atoms with van der Waals surface area (Å²) in [6.07, 6.45) is 12.2. The molecule has 1 atom stereocenters. The van der Waals surface area contributed by atoms with E-state index in [2.05, 4.69) is 17.2 Å². The number of nitrogens with zero attached hydrogens (tertiary/aromatic N) is 2. The number of amides is 2. The average Bonchev–Trinajstić information content (AvgIpc) is 3.37. The molecule has 0 radical (unpaired) electrons. The van der Waals surface area contributed by atoms with Gasteiger partial charge < -0.3 is 9.47 Å². The molecule has 8 nitrogen and oxygen atoms in total. The minimum Gasteiger partial charge on any atom is -0.457 e. The van der Waals surface area contributed by atoms with Gasteiger partial charge in [0.15, 0.2) is 0 Å². The van der Waals surface area contributed by atoms with Crippen LogP contribution in [0.1, 0.15) is 82.7 Å². The summed E-state index contributed by atoms with van der Waals surface area (Å²) in [4.78, 5) is 36.9. The first kappa shape index (κ1) is 24.6. The minimum atomic E-state index is -0.690. The first-order valence-electron chi connectivity index (χ1n) is 12.4. The zero-order valence-electron chi connectivity index (χ0n) is 20.5. The summed E-state index contributed by atoms with van der Waals surface area (Å²) < 4.78 is 14.0. The number of benzene rings is 1. The van der Waals surface area contributed by atoms with Crippen LogP contribution < -0.4 is 11.0 Å². The molecule has 4 rings (SSSR count). The number of rotatable bonds is 9. The number of piperidine rings is 1. The number of carbonyl (C=O) groups is 2. The molecule has 3 heterocycles. The van der Waals surface area contributed by atoms with Crippen LogP contribution in [-0.4, -0.2) is 26.7 Å². The number of imidazole rings is 1. The van der Waals surface area contributed by atoms with E-state index in [0.29, 0.717) is 17.5 Å². The number of para-hydroxylation sites is 1. The van der Waals surface area contributed by atoms with Crippen LogP contribution in [0.4, 0.5) is 0 Å². The lowest BCUT2D eigenvalue weighted by Gasteiger charge is -2.22. The van der Waals surface area contributed by atoms with Gasteiger partial charge in [0.2, 0.25) is 17.6 Å². The van der Waals surface area contributed by atoms with Gasteiger partial charge in [-0.05, 0) is 31.4 Å². The number of aromatic nitrogens is 2. The summed E-state index contributed by atoms with van der Waals surface area (Å²) in [6.45, 7) is 1.97. The van der Waals surface area contributed by atoms with E-state index in [1.54, 1.807) is 24.1 Å². The number of aryl methyl sites for hydroxylation is 1. The van der Waals surface area contributed by atoms with E-state index >= 15 is 0 Å². The highest BCUT2D eigenvalue weighted by atomic mass is 16.7. The Kier molecular flexibility index (Phi) is 7.64. The second-order valence-corrected chi connectivity index (χ2v) is 9.42.